The number of aromatic amines is 1. The molecule has 1 aliphatic carbocycles. The van der Waals surface area contributed by atoms with Crippen LogP contribution in [-0.4, -0.2) is 17.3 Å². The van der Waals surface area contributed by atoms with E-state index in [1.54, 1.807) is 7.11 Å². The van der Waals surface area contributed by atoms with Gasteiger partial charge >= 0.3 is 0 Å². The summed E-state index contributed by atoms with van der Waals surface area (Å²) in [6.07, 6.45) is 3.62. The van der Waals surface area contributed by atoms with E-state index < -0.39 is 0 Å². The van der Waals surface area contributed by atoms with Gasteiger partial charge in [-0.3, -0.25) is 5.10 Å². The quantitative estimate of drug-likeness (QED) is 0.901. The molecule has 1 heterocycles. The average molecular weight is 278 g/mol. The minimum Gasteiger partial charge on any atom is -0.496 e. The number of benzene rings is 1. The molecular formula is C14H16ClN3O. The van der Waals surface area contributed by atoms with Gasteiger partial charge in [-0.2, -0.15) is 5.10 Å². The summed E-state index contributed by atoms with van der Waals surface area (Å²) >= 11 is 6.10. The van der Waals surface area contributed by atoms with Crippen molar-refractivity contribution in [3.63, 3.8) is 0 Å². The molecule has 100 valence electrons. The van der Waals surface area contributed by atoms with Gasteiger partial charge in [-0.25, -0.2) is 0 Å². The molecular weight excluding hydrogens is 262 g/mol. The number of rotatable bonds is 3. The Hall–Kier alpha value is -1.68. The smallest absolute Gasteiger partial charge is 0.153 e. The first kappa shape index (κ1) is 12.4. The fourth-order valence-corrected chi connectivity index (χ4v) is 2.69. The van der Waals surface area contributed by atoms with E-state index in [2.05, 4.69) is 10.2 Å². The second-order valence-corrected chi connectivity index (χ2v) is 5.31. The van der Waals surface area contributed by atoms with Crippen molar-refractivity contribution in [1.29, 1.82) is 0 Å². The third kappa shape index (κ3) is 2.06. The van der Waals surface area contributed by atoms with Crippen LogP contribution in [0.15, 0.2) is 18.2 Å². The number of nitrogens with two attached hydrogens (primary N) is 1. The summed E-state index contributed by atoms with van der Waals surface area (Å²) in [6, 6.07) is 5.54. The number of methoxy groups -OCH3 is 1. The molecule has 1 aromatic heterocycles. The predicted octanol–water partition coefficient (Wildman–Crippen LogP) is 3.59. The molecule has 0 bridgehead atoms. The Labute approximate surface area is 116 Å². The van der Waals surface area contributed by atoms with Gasteiger partial charge in [0.15, 0.2) is 5.82 Å². The molecule has 0 unspecified atom stereocenters. The van der Waals surface area contributed by atoms with Gasteiger partial charge in [-0.15, -0.1) is 0 Å². The number of halogens is 1. The van der Waals surface area contributed by atoms with Crippen LogP contribution >= 0.6 is 11.6 Å². The first-order valence-corrected chi connectivity index (χ1v) is 6.76. The lowest BCUT2D eigenvalue weighted by molar-refractivity contribution is 0.409. The van der Waals surface area contributed by atoms with Crippen LogP contribution in [0.3, 0.4) is 0 Å². The summed E-state index contributed by atoms with van der Waals surface area (Å²) in [5.41, 5.74) is 8.96. The second kappa shape index (κ2) is 4.78. The molecule has 1 fully saturated rings. The summed E-state index contributed by atoms with van der Waals surface area (Å²) in [5, 5.41) is 7.89. The van der Waals surface area contributed by atoms with E-state index in [0.717, 1.165) is 22.6 Å². The highest BCUT2D eigenvalue weighted by atomic mass is 35.5. The maximum Gasteiger partial charge on any atom is 0.153 e. The van der Waals surface area contributed by atoms with Crippen LogP contribution in [0.1, 0.15) is 30.9 Å². The topological polar surface area (TPSA) is 63.9 Å². The van der Waals surface area contributed by atoms with Gasteiger partial charge in [-0.1, -0.05) is 18.0 Å². The van der Waals surface area contributed by atoms with Gasteiger partial charge < -0.3 is 10.5 Å². The summed E-state index contributed by atoms with van der Waals surface area (Å²) < 4.78 is 5.41. The molecule has 0 spiro atoms. The standard InChI is InChI=1S/C14H16ClN3O/c1-19-11-6-5-9(15)7-10(11)12-13(8-3-2-4-8)17-18-14(12)16/h5-8H,2-4H2,1H3,(H3,16,17,18). The number of hydrogen-bond acceptors (Lipinski definition) is 3. The van der Waals surface area contributed by atoms with Crippen LogP contribution in [0.4, 0.5) is 5.82 Å². The Kier molecular flexibility index (Phi) is 3.11. The Morgan fingerprint density at radius 3 is 2.84 bits per heavy atom. The maximum absolute atomic E-state index is 6.10. The summed E-state index contributed by atoms with van der Waals surface area (Å²) in [6.45, 7) is 0. The molecule has 2 aromatic rings. The molecule has 1 saturated carbocycles. The van der Waals surface area contributed by atoms with Crippen LogP contribution in [0.2, 0.25) is 5.02 Å². The number of hydrogen-bond donors (Lipinski definition) is 2. The van der Waals surface area contributed by atoms with Gasteiger partial charge in [0.1, 0.15) is 5.75 Å². The van der Waals surface area contributed by atoms with Gasteiger partial charge in [-0.05, 0) is 31.0 Å². The molecule has 0 aliphatic heterocycles. The van der Waals surface area contributed by atoms with Crippen molar-refractivity contribution in [3.8, 4) is 16.9 Å². The average Bonchev–Trinajstić information content (AvgIpc) is 2.69. The van der Waals surface area contributed by atoms with Crippen LogP contribution in [-0.2, 0) is 0 Å². The van der Waals surface area contributed by atoms with Crippen molar-refractivity contribution in [2.75, 3.05) is 12.8 Å². The van der Waals surface area contributed by atoms with E-state index in [-0.39, 0.29) is 0 Å². The Bertz CT molecular complexity index is 605. The Morgan fingerprint density at radius 1 is 1.42 bits per heavy atom. The largest absolute Gasteiger partial charge is 0.496 e. The highest BCUT2D eigenvalue weighted by Gasteiger charge is 2.27. The van der Waals surface area contributed by atoms with Crippen LogP contribution in [0.25, 0.3) is 11.1 Å². The first-order chi connectivity index (χ1) is 9.20. The lowest BCUT2D eigenvalue weighted by Crippen LogP contribution is -2.10. The van der Waals surface area contributed by atoms with E-state index >= 15 is 0 Å². The van der Waals surface area contributed by atoms with E-state index in [1.165, 1.54) is 19.3 Å². The Morgan fingerprint density at radius 2 is 2.21 bits per heavy atom. The lowest BCUT2D eigenvalue weighted by atomic mass is 9.80. The molecule has 0 atom stereocenters. The number of ether oxygens (including phenoxy) is 1. The lowest BCUT2D eigenvalue weighted by Gasteiger charge is -2.25. The molecule has 5 heteroatoms. The zero-order chi connectivity index (χ0) is 13.4. The van der Waals surface area contributed by atoms with Crippen molar-refractivity contribution in [2.24, 2.45) is 0 Å². The number of anilines is 1. The van der Waals surface area contributed by atoms with Crippen molar-refractivity contribution in [1.82, 2.24) is 10.2 Å². The molecule has 1 aliphatic rings. The fourth-order valence-electron chi connectivity index (χ4n) is 2.52. The maximum atomic E-state index is 6.10. The third-order valence-corrected chi connectivity index (χ3v) is 4.00. The number of H-pyrrole nitrogens is 1. The van der Waals surface area contributed by atoms with Gasteiger partial charge in [0.2, 0.25) is 0 Å². The monoisotopic (exact) mass is 277 g/mol. The highest BCUT2D eigenvalue weighted by Crippen LogP contribution is 2.44. The van der Waals surface area contributed by atoms with E-state index in [9.17, 15) is 0 Å². The summed E-state index contributed by atoms with van der Waals surface area (Å²) in [5.74, 6) is 1.78. The molecule has 1 aromatic carbocycles. The minimum absolute atomic E-state index is 0.502. The Balaban J connectivity index is 2.15. The van der Waals surface area contributed by atoms with Crippen LogP contribution in [0.5, 0.6) is 5.75 Å². The molecule has 3 rings (SSSR count). The van der Waals surface area contributed by atoms with Crippen molar-refractivity contribution < 1.29 is 4.74 Å². The number of nitrogens with one attached hydrogen (secondary N) is 1. The van der Waals surface area contributed by atoms with Gasteiger partial charge in [0.05, 0.1) is 12.7 Å². The van der Waals surface area contributed by atoms with E-state index in [4.69, 9.17) is 22.1 Å². The minimum atomic E-state index is 0.502. The molecule has 0 amide bonds. The van der Waals surface area contributed by atoms with Gasteiger partial charge in [0.25, 0.3) is 0 Å². The fraction of sp³-hybridized carbons (Fsp3) is 0.357. The summed E-state index contributed by atoms with van der Waals surface area (Å²) in [7, 11) is 1.64. The zero-order valence-corrected chi connectivity index (χ0v) is 11.5. The van der Waals surface area contributed by atoms with E-state index in [0.29, 0.717) is 16.8 Å². The first-order valence-electron chi connectivity index (χ1n) is 6.38. The second-order valence-electron chi connectivity index (χ2n) is 4.87. The van der Waals surface area contributed by atoms with Crippen molar-refractivity contribution in [3.05, 3.63) is 28.9 Å². The van der Waals surface area contributed by atoms with Gasteiger partial charge in [0, 0.05) is 22.2 Å². The van der Waals surface area contributed by atoms with Crippen molar-refractivity contribution in [2.45, 2.75) is 25.2 Å². The number of aromatic nitrogens is 2. The number of nitrogen functional groups attached to an aromatic ring is 1. The van der Waals surface area contributed by atoms with Crippen molar-refractivity contribution >= 4 is 17.4 Å². The third-order valence-electron chi connectivity index (χ3n) is 3.77. The molecule has 3 N–H and O–H groups in total. The van der Waals surface area contributed by atoms with Crippen LogP contribution in [0, 0.1) is 0 Å². The molecule has 0 radical (unpaired) electrons. The predicted molar refractivity (Wildman–Crippen MR) is 76.6 cm³/mol. The SMILES string of the molecule is COc1ccc(Cl)cc1-c1c(N)n[nH]c1C1CCC1. The molecule has 19 heavy (non-hydrogen) atoms. The van der Waals surface area contributed by atoms with E-state index in [1.807, 2.05) is 18.2 Å². The number of nitrogens with zero attached hydrogens (tertiary/aromatic N) is 1. The zero-order valence-electron chi connectivity index (χ0n) is 10.7. The normalized spacial score (nSPS) is 15.3. The molecule has 0 saturated heterocycles. The molecule has 4 nitrogen and oxygen atoms in total. The highest BCUT2D eigenvalue weighted by molar-refractivity contribution is 6.31. The van der Waals surface area contributed by atoms with Crippen LogP contribution < -0.4 is 10.5 Å². The summed E-state index contributed by atoms with van der Waals surface area (Å²) in [4.78, 5) is 0.